The lowest BCUT2D eigenvalue weighted by molar-refractivity contribution is 0.101. The van der Waals surface area contributed by atoms with Crippen LogP contribution in [0.15, 0.2) is 40.9 Å². The molecular weight excluding hydrogens is 358 g/mol. The molecule has 9 nitrogen and oxygen atoms in total. The third-order valence-corrected chi connectivity index (χ3v) is 5.00. The number of nitrogens with one attached hydrogen (secondary N) is 2. The predicted octanol–water partition coefficient (Wildman–Crippen LogP) is 2.33. The minimum atomic E-state index is -0.432. The standard InChI is InChI=1S/C19H19N7O2/c20-17-15-13(7-9-22-17)26(11-4-3-8-21-10-11)25-16(15)18(27)24-19-23-12-5-1-2-6-14(12)28-19/h1-2,5-7,9,11,21H,3-4,8,10H2,(H2,20,22)(H,23,24,27). The van der Waals surface area contributed by atoms with Gasteiger partial charge >= 0.3 is 6.01 Å². The van der Waals surface area contributed by atoms with Crippen molar-refractivity contribution in [3.8, 4) is 0 Å². The van der Waals surface area contributed by atoms with Gasteiger partial charge in [-0.25, -0.2) is 4.98 Å². The molecule has 4 N–H and O–H groups in total. The summed E-state index contributed by atoms with van der Waals surface area (Å²) in [7, 11) is 0. The highest BCUT2D eigenvalue weighted by Crippen LogP contribution is 2.29. The van der Waals surface area contributed by atoms with Gasteiger partial charge in [0.15, 0.2) is 11.3 Å². The lowest BCUT2D eigenvalue weighted by Gasteiger charge is -2.23. The third-order valence-electron chi connectivity index (χ3n) is 5.00. The number of hydrogen-bond donors (Lipinski definition) is 3. The van der Waals surface area contributed by atoms with Crippen molar-refractivity contribution >= 4 is 39.7 Å². The SMILES string of the molecule is Nc1nccc2c1c(C(=O)Nc1nc3ccccc3o1)nn2C1CCCNC1. The van der Waals surface area contributed by atoms with Gasteiger partial charge in [0.1, 0.15) is 11.3 Å². The number of carbonyl (C=O) groups excluding carboxylic acids is 1. The molecule has 28 heavy (non-hydrogen) atoms. The largest absolute Gasteiger partial charge is 0.423 e. The Hall–Kier alpha value is -3.46. The number of nitrogens with zero attached hydrogens (tertiary/aromatic N) is 4. The Morgan fingerprint density at radius 3 is 3.04 bits per heavy atom. The van der Waals surface area contributed by atoms with E-state index in [2.05, 4.69) is 25.7 Å². The lowest BCUT2D eigenvalue weighted by Crippen LogP contribution is -2.32. The summed E-state index contributed by atoms with van der Waals surface area (Å²) in [5, 5.41) is 11.2. The summed E-state index contributed by atoms with van der Waals surface area (Å²) >= 11 is 0. The number of amides is 1. The summed E-state index contributed by atoms with van der Waals surface area (Å²) in [4.78, 5) is 21.4. The second-order valence-corrected chi connectivity index (χ2v) is 6.82. The number of oxazole rings is 1. The summed E-state index contributed by atoms with van der Waals surface area (Å²) in [6, 6.07) is 9.43. The molecule has 0 bridgehead atoms. The molecule has 5 rings (SSSR count). The topological polar surface area (TPSA) is 124 Å². The summed E-state index contributed by atoms with van der Waals surface area (Å²) in [6.45, 7) is 1.79. The van der Waals surface area contributed by atoms with Gasteiger partial charge in [-0.1, -0.05) is 12.1 Å². The van der Waals surface area contributed by atoms with Crippen LogP contribution in [0.2, 0.25) is 0 Å². The van der Waals surface area contributed by atoms with E-state index in [-0.39, 0.29) is 23.6 Å². The minimum absolute atomic E-state index is 0.121. The van der Waals surface area contributed by atoms with Crippen molar-refractivity contribution in [2.24, 2.45) is 0 Å². The normalized spacial score (nSPS) is 17.2. The number of benzene rings is 1. The number of piperidine rings is 1. The number of carbonyl (C=O) groups is 1. The van der Waals surface area contributed by atoms with Crippen LogP contribution in [-0.4, -0.2) is 38.7 Å². The average Bonchev–Trinajstić information content (AvgIpc) is 3.30. The van der Waals surface area contributed by atoms with Gasteiger partial charge in [-0.05, 0) is 37.6 Å². The average molecular weight is 377 g/mol. The van der Waals surface area contributed by atoms with Crippen molar-refractivity contribution in [2.75, 3.05) is 24.1 Å². The van der Waals surface area contributed by atoms with E-state index in [0.29, 0.717) is 16.5 Å². The second-order valence-electron chi connectivity index (χ2n) is 6.82. The van der Waals surface area contributed by atoms with E-state index >= 15 is 0 Å². The number of aromatic nitrogens is 4. The van der Waals surface area contributed by atoms with Crippen molar-refractivity contribution in [2.45, 2.75) is 18.9 Å². The number of nitrogens with two attached hydrogens (primary N) is 1. The number of hydrogen-bond acceptors (Lipinski definition) is 7. The Morgan fingerprint density at radius 1 is 1.32 bits per heavy atom. The van der Waals surface area contributed by atoms with E-state index in [1.165, 1.54) is 0 Å². The summed E-state index contributed by atoms with van der Waals surface area (Å²) in [5.74, 6) is -0.158. The number of fused-ring (bicyclic) bond motifs is 2. The van der Waals surface area contributed by atoms with Crippen molar-refractivity contribution < 1.29 is 9.21 Å². The molecule has 0 saturated carbocycles. The number of anilines is 2. The molecule has 142 valence electrons. The zero-order valence-electron chi connectivity index (χ0n) is 15.1. The lowest BCUT2D eigenvalue weighted by atomic mass is 10.1. The molecule has 1 atom stereocenters. The molecule has 3 aromatic heterocycles. The zero-order valence-corrected chi connectivity index (χ0v) is 15.1. The van der Waals surface area contributed by atoms with Crippen LogP contribution in [0.5, 0.6) is 0 Å². The Bertz CT molecular complexity index is 1140. The highest BCUT2D eigenvalue weighted by molar-refractivity contribution is 6.13. The number of para-hydroxylation sites is 2. The molecule has 1 unspecified atom stereocenters. The maximum Gasteiger partial charge on any atom is 0.302 e. The predicted molar refractivity (Wildman–Crippen MR) is 105 cm³/mol. The van der Waals surface area contributed by atoms with Crippen molar-refractivity contribution in [3.05, 3.63) is 42.2 Å². The Morgan fingerprint density at radius 2 is 2.21 bits per heavy atom. The van der Waals surface area contributed by atoms with E-state index in [1.54, 1.807) is 12.3 Å². The van der Waals surface area contributed by atoms with Crippen LogP contribution in [0.3, 0.4) is 0 Å². The summed E-state index contributed by atoms with van der Waals surface area (Å²) < 4.78 is 7.47. The van der Waals surface area contributed by atoms with E-state index in [9.17, 15) is 4.79 Å². The van der Waals surface area contributed by atoms with E-state index < -0.39 is 5.91 Å². The van der Waals surface area contributed by atoms with Gasteiger partial charge in [0.2, 0.25) is 0 Å². The van der Waals surface area contributed by atoms with Gasteiger partial charge in [-0.15, -0.1) is 0 Å². The first-order valence-electron chi connectivity index (χ1n) is 9.21. The molecule has 1 saturated heterocycles. The van der Waals surface area contributed by atoms with Crippen LogP contribution in [0.4, 0.5) is 11.8 Å². The maximum absolute atomic E-state index is 13.0. The Balaban J connectivity index is 1.54. The van der Waals surface area contributed by atoms with Crippen LogP contribution in [0.25, 0.3) is 22.0 Å². The number of rotatable bonds is 3. The molecule has 1 fully saturated rings. The van der Waals surface area contributed by atoms with Crippen LogP contribution in [0.1, 0.15) is 29.4 Å². The quantitative estimate of drug-likeness (QED) is 0.500. The summed E-state index contributed by atoms with van der Waals surface area (Å²) in [5.41, 5.74) is 8.37. The fraction of sp³-hybridized carbons (Fsp3) is 0.263. The van der Waals surface area contributed by atoms with Gasteiger partial charge in [0, 0.05) is 12.7 Å². The first-order chi connectivity index (χ1) is 13.7. The molecule has 1 aromatic carbocycles. The first-order valence-corrected chi connectivity index (χ1v) is 9.21. The number of nitrogen functional groups attached to an aromatic ring is 1. The van der Waals surface area contributed by atoms with Gasteiger partial charge in [-0.2, -0.15) is 10.1 Å². The first kappa shape index (κ1) is 16.7. The van der Waals surface area contributed by atoms with E-state index in [4.69, 9.17) is 10.2 Å². The van der Waals surface area contributed by atoms with Crippen LogP contribution >= 0.6 is 0 Å². The zero-order chi connectivity index (χ0) is 19.1. The smallest absolute Gasteiger partial charge is 0.302 e. The molecule has 0 spiro atoms. The van der Waals surface area contributed by atoms with Crippen LogP contribution < -0.4 is 16.4 Å². The maximum atomic E-state index is 13.0. The molecular formula is C19H19N7O2. The molecule has 0 aliphatic carbocycles. The monoisotopic (exact) mass is 377 g/mol. The third kappa shape index (κ3) is 2.76. The molecule has 1 aliphatic heterocycles. The summed E-state index contributed by atoms with van der Waals surface area (Å²) in [6.07, 6.45) is 3.67. The molecule has 0 radical (unpaired) electrons. The molecule has 9 heteroatoms. The highest BCUT2D eigenvalue weighted by Gasteiger charge is 2.25. The fourth-order valence-corrected chi connectivity index (χ4v) is 3.67. The van der Waals surface area contributed by atoms with Crippen LogP contribution in [-0.2, 0) is 0 Å². The second kappa shape index (κ2) is 6.61. The minimum Gasteiger partial charge on any atom is -0.423 e. The molecule has 4 aromatic rings. The van der Waals surface area contributed by atoms with Crippen LogP contribution in [0, 0.1) is 0 Å². The Labute approximate surface area is 159 Å². The highest BCUT2D eigenvalue weighted by atomic mass is 16.4. The van der Waals surface area contributed by atoms with Gasteiger partial charge < -0.3 is 15.5 Å². The Kier molecular flexibility index (Phi) is 3.94. The molecule has 1 aliphatic rings. The molecule has 4 heterocycles. The van der Waals surface area contributed by atoms with Crippen molar-refractivity contribution in [3.63, 3.8) is 0 Å². The van der Waals surface area contributed by atoms with Gasteiger partial charge in [0.05, 0.1) is 16.9 Å². The fourth-order valence-electron chi connectivity index (χ4n) is 3.67. The van der Waals surface area contributed by atoms with Gasteiger partial charge in [0.25, 0.3) is 5.91 Å². The van der Waals surface area contributed by atoms with E-state index in [0.717, 1.165) is 31.4 Å². The number of pyridine rings is 1. The van der Waals surface area contributed by atoms with E-state index in [1.807, 2.05) is 28.9 Å². The van der Waals surface area contributed by atoms with Crippen molar-refractivity contribution in [1.82, 2.24) is 25.1 Å². The van der Waals surface area contributed by atoms with Gasteiger partial charge in [-0.3, -0.25) is 14.8 Å². The molecule has 1 amide bonds. The van der Waals surface area contributed by atoms with Crippen molar-refractivity contribution in [1.29, 1.82) is 0 Å².